The lowest BCUT2D eigenvalue weighted by Gasteiger charge is -2.16. The number of carbonyl (C=O) groups is 1. The van der Waals surface area contributed by atoms with Gasteiger partial charge < -0.3 is 14.8 Å². The molecule has 8 nitrogen and oxygen atoms in total. The number of aryl methyl sites for hydroxylation is 1. The summed E-state index contributed by atoms with van der Waals surface area (Å²) in [6.07, 6.45) is 4.86. The van der Waals surface area contributed by atoms with Crippen LogP contribution in [0.25, 0.3) is 20.7 Å². The summed E-state index contributed by atoms with van der Waals surface area (Å²) in [6.45, 7) is 2.43. The van der Waals surface area contributed by atoms with Crippen LogP contribution < -0.4 is 10.1 Å². The largest absolute Gasteiger partial charge is 0.487 e. The molecule has 0 fully saturated rings. The van der Waals surface area contributed by atoms with Gasteiger partial charge in [-0.15, -0.1) is 11.3 Å². The lowest BCUT2D eigenvalue weighted by atomic mass is 9.95. The van der Waals surface area contributed by atoms with Gasteiger partial charge in [0.2, 0.25) is 0 Å². The molecule has 0 unspecified atom stereocenters. The van der Waals surface area contributed by atoms with E-state index in [1.165, 1.54) is 18.5 Å². The molecular formula is C28H23ClFN5O3S. The van der Waals surface area contributed by atoms with Gasteiger partial charge in [0.05, 0.1) is 23.2 Å². The van der Waals surface area contributed by atoms with E-state index in [9.17, 15) is 9.18 Å². The van der Waals surface area contributed by atoms with E-state index in [0.717, 1.165) is 50.4 Å². The Hall–Kier alpha value is -4.02. The minimum atomic E-state index is -0.310. The molecule has 0 spiro atoms. The van der Waals surface area contributed by atoms with Crippen molar-refractivity contribution in [3.8, 4) is 16.2 Å². The molecule has 0 bridgehead atoms. The van der Waals surface area contributed by atoms with Crippen molar-refractivity contribution >= 4 is 50.6 Å². The summed E-state index contributed by atoms with van der Waals surface area (Å²) < 4.78 is 26.1. The lowest BCUT2D eigenvalue weighted by molar-refractivity contribution is -0.144. The summed E-state index contributed by atoms with van der Waals surface area (Å²) in [5.74, 6) is 0.575. The minimum absolute atomic E-state index is 0.0960. The fourth-order valence-corrected chi connectivity index (χ4v) is 6.19. The van der Waals surface area contributed by atoms with Crippen molar-refractivity contribution in [1.29, 1.82) is 0 Å². The van der Waals surface area contributed by atoms with Crippen LogP contribution in [0.15, 0.2) is 55.0 Å². The van der Waals surface area contributed by atoms with Crippen LogP contribution in [-0.2, 0) is 35.5 Å². The number of fused-ring (bicyclic) bond motifs is 5. The Labute approximate surface area is 232 Å². The molecule has 6 rings (SSSR count). The van der Waals surface area contributed by atoms with Crippen molar-refractivity contribution in [1.82, 2.24) is 19.7 Å². The normalized spacial score (nSPS) is 12.2. The number of anilines is 2. The minimum Gasteiger partial charge on any atom is -0.487 e. The maximum atomic E-state index is 13.5. The van der Waals surface area contributed by atoms with Crippen molar-refractivity contribution in [2.24, 2.45) is 0 Å². The third kappa shape index (κ3) is 5.05. The molecule has 0 radical (unpaired) electrons. The molecule has 0 saturated heterocycles. The van der Waals surface area contributed by atoms with Gasteiger partial charge in [-0.25, -0.2) is 14.4 Å². The van der Waals surface area contributed by atoms with Crippen molar-refractivity contribution in [3.63, 3.8) is 0 Å². The van der Waals surface area contributed by atoms with Gasteiger partial charge in [0.1, 0.15) is 41.7 Å². The zero-order valence-electron chi connectivity index (χ0n) is 20.9. The zero-order valence-corrected chi connectivity index (χ0v) is 22.5. The van der Waals surface area contributed by atoms with Crippen LogP contribution in [0.2, 0.25) is 5.02 Å². The van der Waals surface area contributed by atoms with Gasteiger partial charge in [0.15, 0.2) is 0 Å². The van der Waals surface area contributed by atoms with Gasteiger partial charge in [0, 0.05) is 21.8 Å². The number of carbonyl (C=O) groups excluding carboxylic acids is 1. The SMILES string of the molecule is CCOC(=O)Cn1ncc2c1CCc1c-2sc2ncnc(Nc3ccc(OCc4cccc(F)c4)c(Cl)c3)c12. The summed E-state index contributed by atoms with van der Waals surface area (Å²) in [6, 6.07) is 11.7. The monoisotopic (exact) mass is 563 g/mol. The molecule has 39 heavy (non-hydrogen) atoms. The van der Waals surface area contributed by atoms with Gasteiger partial charge >= 0.3 is 5.97 Å². The fraction of sp³-hybridized carbons (Fsp3) is 0.214. The first-order valence-electron chi connectivity index (χ1n) is 12.4. The van der Waals surface area contributed by atoms with E-state index < -0.39 is 0 Å². The first kappa shape index (κ1) is 25.3. The summed E-state index contributed by atoms with van der Waals surface area (Å²) in [5, 5.41) is 9.23. The van der Waals surface area contributed by atoms with Crippen molar-refractivity contribution in [2.45, 2.75) is 32.9 Å². The molecule has 5 aromatic rings. The van der Waals surface area contributed by atoms with E-state index in [1.807, 2.05) is 12.3 Å². The van der Waals surface area contributed by atoms with Crippen LogP contribution in [0.5, 0.6) is 5.75 Å². The highest BCUT2D eigenvalue weighted by Crippen LogP contribution is 2.45. The number of hydrogen-bond acceptors (Lipinski definition) is 8. The summed E-state index contributed by atoms with van der Waals surface area (Å²) in [7, 11) is 0. The average molecular weight is 564 g/mol. The molecule has 1 aliphatic rings. The number of aromatic nitrogens is 4. The van der Waals surface area contributed by atoms with E-state index >= 15 is 0 Å². The second-order valence-corrected chi connectivity index (χ2v) is 10.4. The predicted octanol–water partition coefficient (Wildman–Crippen LogP) is 6.33. The van der Waals surface area contributed by atoms with E-state index in [2.05, 4.69) is 20.4 Å². The molecule has 3 aromatic heterocycles. The first-order chi connectivity index (χ1) is 19.0. The predicted molar refractivity (Wildman–Crippen MR) is 148 cm³/mol. The highest BCUT2D eigenvalue weighted by Gasteiger charge is 2.27. The summed E-state index contributed by atoms with van der Waals surface area (Å²) in [5.41, 5.74) is 4.65. The Balaban J connectivity index is 1.25. The number of esters is 1. The van der Waals surface area contributed by atoms with Crippen molar-refractivity contribution in [2.75, 3.05) is 11.9 Å². The Morgan fingerprint density at radius 1 is 1.21 bits per heavy atom. The molecular weight excluding hydrogens is 541 g/mol. The fourth-order valence-electron chi connectivity index (χ4n) is 4.73. The Kier molecular flexibility index (Phi) is 6.88. The maximum absolute atomic E-state index is 13.5. The van der Waals surface area contributed by atoms with Gasteiger partial charge in [-0.05, 0) is 61.2 Å². The smallest absolute Gasteiger partial charge is 0.327 e. The number of hydrogen-bond donors (Lipinski definition) is 1. The highest BCUT2D eigenvalue weighted by atomic mass is 35.5. The first-order valence-corrected chi connectivity index (χ1v) is 13.6. The average Bonchev–Trinajstić information content (AvgIpc) is 3.50. The topological polar surface area (TPSA) is 91.2 Å². The Morgan fingerprint density at radius 3 is 2.92 bits per heavy atom. The number of nitrogens with zero attached hydrogens (tertiary/aromatic N) is 4. The summed E-state index contributed by atoms with van der Waals surface area (Å²) in [4.78, 5) is 23.0. The van der Waals surface area contributed by atoms with E-state index in [-0.39, 0.29) is 24.9 Å². The third-order valence-electron chi connectivity index (χ3n) is 6.45. The number of rotatable bonds is 8. The van der Waals surface area contributed by atoms with Gasteiger partial charge in [-0.1, -0.05) is 23.7 Å². The van der Waals surface area contributed by atoms with Crippen molar-refractivity contribution < 1.29 is 18.7 Å². The maximum Gasteiger partial charge on any atom is 0.327 e. The van der Waals surface area contributed by atoms with Gasteiger partial charge in [-0.2, -0.15) is 5.10 Å². The molecule has 1 aliphatic carbocycles. The van der Waals surface area contributed by atoms with Crippen LogP contribution in [0.4, 0.5) is 15.9 Å². The Bertz CT molecular complexity index is 1700. The van der Waals surface area contributed by atoms with Gasteiger partial charge in [-0.3, -0.25) is 9.48 Å². The third-order valence-corrected chi connectivity index (χ3v) is 7.92. The van der Waals surface area contributed by atoms with Crippen molar-refractivity contribution in [3.05, 3.63) is 82.6 Å². The molecule has 198 valence electrons. The second-order valence-electron chi connectivity index (χ2n) is 8.97. The standard InChI is InChI=1S/C28H23ClFN5O3S/c1-2-37-24(36)13-35-22-8-7-19-25-27(31-15-32-28(25)39-26(19)20(22)12-33-35)34-18-6-9-23(21(29)11-18)38-14-16-4-3-5-17(30)10-16/h3-6,9-12,15H,2,7-8,13-14H2,1H3,(H,31,32,34). The van der Waals surface area contributed by atoms with Crippen LogP contribution in [0.3, 0.4) is 0 Å². The van der Waals surface area contributed by atoms with Crippen LogP contribution in [0.1, 0.15) is 23.7 Å². The quantitative estimate of drug-likeness (QED) is 0.220. The number of thiophene rings is 1. The van der Waals surface area contributed by atoms with E-state index in [1.54, 1.807) is 47.2 Å². The number of ether oxygens (including phenoxy) is 2. The highest BCUT2D eigenvalue weighted by molar-refractivity contribution is 7.22. The number of benzene rings is 2. The second kappa shape index (κ2) is 10.6. The van der Waals surface area contributed by atoms with E-state index in [4.69, 9.17) is 21.1 Å². The molecule has 3 heterocycles. The van der Waals surface area contributed by atoms with E-state index in [0.29, 0.717) is 28.8 Å². The van der Waals surface area contributed by atoms with Crippen LogP contribution >= 0.6 is 22.9 Å². The lowest BCUT2D eigenvalue weighted by Crippen LogP contribution is -2.17. The molecule has 0 aliphatic heterocycles. The number of halogens is 2. The van der Waals surface area contributed by atoms with Crippen LogP contribution in [-0.4, -0.2) is 32.3 Å². The molecule has 2 aromatic carbocycles. The summed E-state index contributed by atoms with van der Waals surface area (Å²) >= 11 is 8.10. The van der Waals surface area contributed by atoms with Gasteiger partial charge in [0.25, 0.3) is 0 Å². The molecule has 0 amide bonds. The number of nitrogens with one attached hydrogen (secondary N) is 1. The van der Waals surface area contributed by atoms with Crippen LogP contribution in [0, 0.1) is 5.82 Å². The zero-order chi connectivity index (χ0) is 26.9. The molecule has 11 heteroatoms. The molecule has 0 atom stereocenters. The molecule has 1 N–H and O–H groups in total. The molecule has 0 saturated carbocycles. The Morgan fingerprint density at radius 2 is 2.10 bits per heavy atom.